The number of nitrogens with two attached hydrogens (primary N) is 1. The molecule has 1 aromatic rings. The minimum atomic E-state index is 0.242. The summed E-state index contributed by atoms with van der Waals surface area (Å²) < 4.78 is 0. The van der Waals surface area contributed by atoms with Crippen molar-refractivity contribution in [1.29, 1.82) is 0 Å². The molecular formula is C15H22ClNS. The normalized spacial score (nSPS) is 18.2. The fourth-order valence-electron chi connectivity index (χ4n) is 2.44. The van der Waals surface area contributed by atoms with Crippen molar-refractivity contribution < 1.29 is 0 Å². The molecule has 1 atom stereocenters. The van der Waals surface area contributed by atoms with Crippen molar-refractivity contribution in [2.24, 2.45) is 5.73 Å². The zero-order valence-corrected chi connectivity index (χ0v) is 12.6. The van der Waals surface area contributed by atoms with Gasteiger partial charge in [0.2, 0.25) is 0 Å². The lowest BCUT2D eigenvalue weighted by atomic mass is 10.0. The van der Waals surface area contributed by atoms with Gasteiger partial charge in [0.25, 0.3) is 0 Å². The van der Waals surface area contributed by atoms with E-state index in [4.69, 9.17) is 17.3 Å². The summed E-state index contributed by atoms with van der Waals surface area (Å²) in [5.74, 6) is 0. The van der Waals surface area contributed by atoms with Crippen LogP contribution in [0.25, 0.3) is 0 Å². The summed E-state index contributed by atoms with van der Waals surface area (Å²) in [5, 5.41) is 1.62. The van der Waals surface area contributed by atoms with Crippen LogP contribution in [0.4, 0.5) is 0 Å². The van der Waals surface area contributed by atoms with E-state index in [0.29, 0.717) is 0 Å². The highest BCUT2D eigenvalue weighted by atomic mass is 35.5. The Balaban J connectivity index is 2.11. The molecule has 1 nitrogen and oxygen atoms in total. The third kappa shape index (κ3) is 3.91. The molecule has 0 spiro atoms. The lowest BCUT2D eigenvalue weighted by Crippen LogP contribution is -2.21. The maximum absolute atomic E-state index is 6.11. The third-order valence-electron chi connectivity index (χ3n) is 3.62. The van der Waals surface area contributed by atoms with E-state index in [1.165, 1.54) is 36.1 Å². The molecule has 2 rings (SSSR count). The summed E-state index contributed by atoms with van der Waals surface area (Å²) in [5.41, 5.74) is 7.41. The molecule has 0 bridgehead atoms. The third-order valence-corrected chi connectivity index (χ3v) is 5.32. The van der Waals surface area contributed by atoms with Crippen molar-refractivity contribution in [2.45, 2.75) is 61.6 Å². The second-order valence-electron chi connectivity index (χ2n) is 5.15. The first-order chi connectivity index (χ1) is 8.69. The van der Waals surface area contributed by atoms with Gasteiger partial charge in [-0.3, -0.25) is 0 Å². The van der Waals surface area contributed by atoms with Gasteiger partial charge in [-0.25, -0.2) is 0 Å². The van der Waals surface area contributed by atoms with Gasteiger partial charge in [-0.05, 0) is 49.4 Å². The van der Waals surface area contributed by atoms with Crippen molar-refractivity contribution in [3.05, 3.63) is 28.8 Å². The molecule has 0 radical (unpaired) electrons. The number of halogens is 1. The molecule has 1 fully saturated rings. The molecule has 0 aliphatic heterocycles. The van der Waals surface area contributed by atoms with Crippen molar-refractivity contribution in [2.75, 3.05) is 0 Å². The molecule has 0 saturated heterocycles. The molecule has 2 N–H and O–H groups in total. The van der Waals surface area contributed by atoms with Crippen LogP contribution in [0.3, 0.4) is 0 Å². The molecule has 1 aromatic carbocycles. The summed E-state index contributed by atoms with van der Waals surface area (Å²) in [4.78, 5) is 1.38. The highest BCUT2D eigenvalue weighted by Gasteiger charge is 2.18. The average molecular weight is 284 g/mol. The molecule has 0 heterocycles. The molecule has 1 aliphatic carbocycles. The Morgan fingerprint density at radius 1 is 1.39 bits per heavy atom. The molecule has 3 heteroatoms. The Morgan fingerprint density at radius 3 is 2.78 bits per heavy atom. The van der Waals surface area contributed by atoms with Gasteiger partial charge in [-0.15, -0.1) is 11.8 Å². The lowest BCUT2D eigenvalue weighted by Gasteiger charge is -2.16. The molecule has 1 aliphatic rings. The van der Waals surface area contributed by atoms with E-state index in [-0.39, 0.29) is 6.04 Å². The lowest BCUT2D eigenvalue weighted by molar-refractivity contribution is 0.641. The predicted octanol–water partition coefficient (Wildman–Crippen LogP) is 4.65. The number of hydrogen-bond donors (Lipinski definition) is 1. The minimum Gasteiger partial charge on any atom is -0.327 e. The first kappa shape index (κ1) is 14.2. The van der Waals surface area contributed by atoms with E-state index in [9.17, 15) is 0 Å². The predicted molar refractivity (Wildman–Crippen MR) is 81.5 cm³/mol. The molecule has 1 unspecified atom stereocenters. The van der Waals surface area contributed by atoms with Crippen LogP contribution in [0.2, 0.25) is 5.02 Å². The second-order valence-corrected chi connectivity index (χ2v) is 6.93. The van der Waals surface area contributed by atoms with E-state index in [0.717, 1.165) is 23.1 Å². The van der Waals surface area contributed by atoms with Crippen molar-refractivity contribution in [3.63, 3.8) is 0 Å². The van der Waals surface area contributed by atoms with Crippen LogP contribution in [-0.4, -0.2) is 11.3 Å². The monoisotopic (exact) mass is 283 g/mol. The summed E-state index contributed by atoms with van der Waals surface area (Å²) >= 11 is 8.13. The van der Waals surface area contributed by atoms with Crippen LogP contribution < -0.4 is 5.73 Å². The number of benzene rings is 1. The number of hydrogen-bond acceptors (Lipinski definition) is 2. The molecule has 18 heavy (non-hydrogen) atoms. The maximum atomic E-state index is 6.11. The van der Waals surface area contributed by atoms with E-state index >= 15 is 0 Å². The van der Waals surface area contributed by atoms with Gasteiger partial charge in [-0.1, -0.05) is 31.4 Å². The number of thioether (sulfide) groups is 1. The molecular weight excluding hydrogens is 262 g/mol. The van der Waals surface area contributed by atoms with Gasteiger partial charge in [0.05, 0.1) is 0 Å². The van der Waals surface area contributed by atoms with Gasteiger partial charge >= 0.3 is 0 Å². The fraction of sp³-hybridized carbons (Fsp3) is 0.600. The van der Waals surface area contributed by atoms with Gasteiger partial charge < -0.3 is 5.73 Å². The summed E-state index contributed by atoms with van der Waals surface area (Å²) in [6, 6.07) is 6.50. The molecule has 0 amide bonds. The highest BCUT2D eigenvalue weighted by Crippen LogP contribution is 2.37. The van der Waals surface area contributed by atoms with Gasteiger partial charge in [0.1, 0.15) is 0 Å². The zero-order valence-electron chi connectivity index (χ0n) is 11.0. The highest BCUT2D eigenvalue weighted by molar-refractivity contribution is 8.00. The van der Waals surface area contributed by atoms with Crippen molar-refractivity contribution >= 4 is 23.4 Å². The summed E-state index contributed by atoms with van der Waals surface area (Å²) in [6.45, 7) is 2.14. The van der Waals surface area contributed by atoms with Crippen LogP contribution in [0.15, 0.2) is 23.1 Å². The summed E-state index contributed by atoms with van der Waals surface area (Å²) in [6.07, 6.45) is 7.43. The van der Waals surface area contributed by atoms with Crippen LogP contribution in [0.5, 0.6) is 0 Å². The Morgan fingerprint density at radius 2 is 2.11 bits per heavy atom. The largest absolute Gasteiger partial charge is 0.327 e. The number of rotatable bonds is 5. The van der Waals surface area contributed by atoms with E-state index in [1.807, 2.05) is 17.8 Å². The standard InChI is InChI=1S/C15H22ClNS/c1-2-13(17)10-11-9-12(16)7-8-15(11)18-14-5-3-4-6-14/h7-9,13-14H,2-6,10,17H2,1H3. The van der Waals surface area contributed by atoms with Gasteiger partial charge in [0, 0.05) is 21.2 Å². The van der Waals surface area contributed by atoms with E-state index < -0.39 is 0 Å². The topological polar surface area (TPSA) is 26.0 Å². The van der Waals surface area contributed by atoms with Crippen LogP contribution >= 0.6 is 23.4 Å². The van der Waals surface area contributed by atoms with Crippen molar-refractivity contribution in [1.82, 2.24) is 0 Å². The smallest absolute Gasteiger partial charge is 0.0409 e. The molecule has 1 saturated carbocycles. The Bertz CT molecular complexity index is 388. The zero-order chi connectivity index (χ0) is 13.0. The Hall–Kier alpha value is -0.180. The van der Waals surface area contributed by atoms with Gasteiger partial charge in [0.15, 0.2) is 0 Å². The summed E-state index contributed by atoms with van der Waals surface area (Å²) in [7, 11) is 0. The Kier molecular flexibility index (Phi) is 5.40. The molecule has 100 valence electrons. The van der Waals surface area contributed by atoms with Crippen LogP contribution in [0, 0.1) is 0 Å². The van der Waals surface area contributed by atoms with E-state index in [1.54, 1.807) is 0 Å². The first-order valence-corrected chi connectivity index (χ1v) is 8.15. The SMILES string of the molecule is CCC(N)Cc1cc(Cl)ccc1SC1CCCC1. The first-order valence-electron chi connectivity index (χ1n) is 6.89. The van der Waals surface area contributed by atoms with Crippen LogP contribution in [0.1, 0.15) is 44.6 Å². The average Bonchev–Trinajstić information content (AvgIpc) is 2.85. The fourth-order valence-corrected chi connectivity index (χ4v) is 4.00. The Labute approximate surface area is 119 Å². The van der Waals surface area contributed by atoms with Gasteiger partial charge in [-0.2, -0.15) is 0 Å². The van der Waals surface area contributed by atoms with Crippen LogP contribution in [-0.2, 0) is 6.42 Å². The van der Waals surface area contributed by atoms with E-state index in [2.05, 4.69) is 19.1 Å². The second kappa shape index (κ2) is 6.83. The molecule has 0 aromatic heterocycles. The quantitative estimate of drug-likeness (QED) is 0.851. The minimum absolute atomic E-state index is 0.242. The van der Waals surface area contributed by atoms with Crippen molar-refractivity contribution in [3.8, 4) is 0 Å². The maximum Gasteiger partial charge on any atom is 0.0409 e.